The zero-order valence-electron chi connectivity index (χ0n) is 16.8. The number of aromatic nitrogens is 4. The Kier molecular flexibility index (Phi) is 5.20. The van der Waals surface area contributed by atoms with Crippen LogP contribution in [0.15, 0.2) is 54.9 Å². The standard InChI is InChI=1S/C22H18F2N6O2/c23-22(24)32-18-8-16(17-11-27-20-12-25-6-7-30(17)20)28-15-9-19(26-10-14(15)18)29-21(31)13-4-2-1-3-5-13/h1-5,8-11,22,25H,6-7,12H2,(H,26,29,31). The van der Waals surface area contributed by atoms with Crippen LogP contribution in [0.2, 0.25) is 0 Å². The fourth-order valence-electron chi connectivity index (χ4n) is 3.66. The summed E-state index contributed by atoms with van der Waals surface area (Å²) >= 11 is 0. The number of alkyl halides is 2. The molecule has 1 aliphatic rings. The van der Waals surface area contributed by atoms with Crippen LogP contribution in [-0.2, 0) is 13.1 Å². The van der Waals surface area contributed by atoms with Crippen LogP contribution in [0.25, 0.3) is 22.3 Å². The molecule has 0 saturated heterocycles. The number of halogens is 2. The number of rotatable bonds is 5. The smallest absolute Gasteiger partial charge is 0.387 e. The number of pyridine rings is 2. The summed E-state index contributed by atoms with van der Waals surface area (Å²) in [5.41, 5.74) is 1.98. The summed E-state index contributed by atoms with van der Waals surface area (Å²) in [6, 6.07) is 11.7. The lowest BCUT2D eigenvalue weighted by molar-refractivity contribution is -0.0488. The van der Waals surface area contributed by atoms with Crippen molar-refractivity contribution in [3.8, 4) is 17.1 Å². The molecule has 1 amide bonds. The third kappa shape index (κ3) is 3.87. The van der Waals surface area contributed by atoms with Gasteiger partial charge >= 0.3 is 6.61 Å². The average molecular weight is 436 g/mol. The van der Waals surface area contributed by atoms with Gasteiger partial charge in [0.05, 0.1) is 35.0 Å². The first-order chi connectivity index (χ1) is 15.6. The third-order valence-electron chi connectivity index (χ3n) is 5.15. The first-order valence-electron chi connectivity index (χ1n) is 9.96. The van der Waals surface area contributed by atoms with Crippen molar-refractivity contribution < 1.29 is 18.3 Å². The van der Waals surface area contributed by atoms with E-state index in [1.807, 2.05) is 10.6 Å². The first-order valence-corrected chi connectivity index (χ1v) is 9.96. The molecule has 0 saturated carbocycles. The number of ether oxygens (including phenoxy) is 1. The number of benzene rings is 1. The van der Waals surface area contributed by atoms with E-state index in [2.05, 4.69) is 25.6 Å². The minimum Gasteiger partial charge on any atom is -0.434 e. The second-order valence-corrected chi connectivity index (χ2v) is 7.18. The van der Waals surface area contributed by atoms with E-state index in [9.17, 15) is 13.6 Å². The van der Waals surface area contributed by atoms with Gasteiger partial charge in [0.2, 0.25) is 0 Å². The van der Waals surface area contributed by atoms with Crippen molar-refractivity contribution in [3.63, 3.8) is 0 Å². The van der Waals surface area contributed by atoms with Crippen LogP contribution >= 0.6 is 0 Å². The molecule has 4 aromatic rings. The Hall–Kier alpha value is -3.92. The van der Waals surface area contributed by atoms with Crippen molar-refractivity contribution >= 4 is 22.6 Å². The van der Waals surface area contributed by atoms with Crippen molar-refractivity contribution in [1.29, 1.82) is 0 Å². The molecule has 2 N–H and O–H groups in total. The highest BCUT2D eigenvalue weighted by Crippen LogP contribution is 2.32. The molecular formula is C22H18F2N6O2. The van der Waals surface area contributed by atoms with Crippen LogP contribution in [0.4, 0.5) is 14.6 Å². The second kappa shape index (κ2) is 8.31. The number of imidazole rings is 1. The van der Waals surface area contributed by atoms with Gasteiger partial charge in [-0.25, -0.2) is 15.0 Å². The predicted octanol–water partition coefficient (Wildman–Crippen LogP) is 3.45. The Bertz CT molecular complexity index is 1290. The maximum absolute atomic E-state index is 13.1. The zero-order chi connectivity index (χ0) is 22.1. The summed E-state index contributed by atoms with van der Waals surface area (Å²) in [7, 11) is 0. The highest BCUT2D eigenvalue weighted by atomic mass is 19.3. The first kappa shape index (κ1) is 20.0. The van der Waals surface area contributed by atoms with Crippen molar-refractivity contribution in [2.75, 3.05) is 11.9 Å². The summed E-state index contributed by atoms with van der Waals surface area (Å²) in [6.07, 6.45) is 3.03. The molecule has 0 aliphatic carbocycles. The van der Waals surface area contributed by atoms with Gasteiger partial charge in [0.15, 0.2) is 0 Å². The molecule has 8 nitrogen and oxygen atoms in total. The molecule has 0 spiro atoms. The van der Waals surface area contributed by atoms with E-state index in [-0.39, 0.29) is 17.5 Å². The normalized spacial score (nSPS) is 13.2. The lowest BCUT2D eigenvalue weighted by Gasteiger charge is -2.18. The van der Waals surface area contributed by atoms with Crippen LogP contribution in [-0.4, -0.2) is 38.6 Å². The van der Waals surface area contributed by atoms with Gasteiger partial charge in [0, 0.05) is 37.0 Å². The molecule has 0 fully saturated rings. The highest BCUT2D eigenvalue weighted by Gasteiger charge is 2.19. The maximum Gasteiger partial charge on any atom is 0.387 e. The molecular weight excluding hydrogens is 418 g/mol. The number of amides is 1. The van der Waals surface area contributed by atoms with Gasteiger partial charge in [-0.1, -0.05) is 18.2 Å². The van der Waals surface area contributed by atoms with E-state index in [1.165, 1.54) is 18.3 Å². The van der Waals surface area contributed by atoms with Gasteiger partial charge in [-0.05, 0) is 12.1 Å². The summed E-state index contributed by atoms with van der Waals surface area (Å²) in [5.74, 6) is 0.710. The Morgan fingerprint density at radius 3 is 2.81 bits per heavy atom. The van der Waals surface area contributed by atoms with Gasteiger partial charge in [0.25, 0.3) is 5.91 Å². The Balaban J connectivity index is 1.56. The van der Waals surface area contributed by atoms with E-state index in [0.29, 0.717) is 40.9 Å². The molecule has 32 heavy (non-hydrogen) atoms. The minimum absolute atomic E-state index is 0.0436. The molecule has 0 unspecified atom stereocenters. The molecule has 4 heterocycles. The quantitative estimate of drug-likeness (QED) is 0.498. The number of hydrogen-bond donors (Lipinski definition) is 2. The van der Waals surface area contributed by atoms with E-state index in [4.69, 9.17) is 4.74 Å². The molecule has 162 valence electrons. The monoisotopic (exact) mass is 436 g/mol. The van der Waals surface area contributed by atoms with Gasteiger partial charge in [-0.3, -0.25) is 4.79 Å². The van der Waals surface area contributed by atoms with Gasteiger partial charge in [0.1, 0.15) is 17.4 Å². The van der Waals surface area contributed by atoms with E-state index >= 15 is 0 Å². The second-order valence-electron chi connectivity index (χ2n) is 7.18. The number of nitrogens with one attached hydrogen (secondary N) is 2. The Morgan fingerprint density at radius 1 is 1.16 bits per heavy atom. The number of carbonyl (C=O) groups excluding carboxylic acids is 1. The molecule has 0 bridgehead atoms. The molecule has 0 atom stereocenters. The van der Waals surface area contributed by atoms with E-state index < -0.39 is 6.61 Å². The highest BCUT2D eigenvalue weighted by molar-refractivity contribution is 6.04. The zero-order valence-corrected chi connectivity index (χ0v) is 16.8. The lowest BCUT2D eigenvalue weighted by atomic mass is 10.2. The minimum atomic E-state index is -3.01. The van der Waals surface area contributed by atoms with Gasteiger partial charge in [-0.15, -0.1) is 0 Å². The van der Waals surface area contributed by atoms with Crippen LogP contribution in [0.3, 0.4) is 0 Å². The fraction of sp³-hybridized carbons (Fsp3) is 0.182. The largest absolute Gasteiger partial charge is 0.434 e. The van der Waals surface area contributed by atoms with Crippen molar-refractivity contribution in [1.82, 2.24) is 24.8 Å². The van der Waals surface area contributed by atoms with Gasteiger partial charge in [-0.2, -0.15) is 8.78 Å². The van der Waals surface area contributed by atoms with E-state index in [1.54, 1.807) is 30.5 Å². The number of anilines is 1. The summed E-state index contributed by atoms with van der Waals surface area (Å²) in [6.45, 7) is -0.934. The maximum atomic E-state index is 13.1. The van der Waals surface area contributed by atoms with Crippen LogP contribution in [0.5, 0.6) is 5.75 Å². The fourth-order valence-corrected chi connectivity index (χ4v) is 3.66. The Labute approximate surface area is 181 Å². The van der Waals surface area contributed by atoms with Crippen LogP contribution in [0.1, 0.15) is 16.2 Å². The number of nitrogens with zero attached hydrogens (tertiary/aromatic N) is 4. The van der Waals surface area contributed by atoms with Crippen molar-refractivity contribution in [3.05, 3.63) is 66.2 Å². The third-order valence-corrected chi connectivity index (χ3v) is 5.15. The number of hydrogen-bond acceptors (Lipinski definition) is 6. The molecule has 10 heteroatoms. The average Bonchev–Trinajstić information content (AvgIpc) is 3.23. The molecule has 1 aromatic carbocycles. The molecule has 0 radical (unpaired) electrons. The summed E-state index contributed by atoms with van der Waals surface area (Å²) in [5, 5.41) is 6.26. The summed E-state index contributed by atoms with van der Waals surface area (Å²) in [4.78, 5) is 25.7. The molecule has 5 rings (SSSR count). The lowest BCUT2D eigenvalue weighted by Crippen LogP contribution is -2.28. The number of fused-ring (bicyclic) bond motifs is 2. The van der Waals surface area contributed by atoms with E-state index in [0.717, 1.165) is 12.4 Å². The van der Waals surface area contributed by atoms with Crippen LogP contribution in [0, 0.1) is 0 Å². The molecule has 3 aromatic heterocycles. The SMILES string of the molecule is O=C(Nc1cc2nc(-c3cnc4n3CCNC4)cc(OC(F)F)c2cn1)c1ccccc1. The topological polar surface area (TPSA) is 94.0 Å². The van der Waals surface area contributed by atoms with Crippen molar-refractivity contribution in [2.24, 2.45) is 0 Å². The predicted molar refractivity (Wildman–Crippen MR) is 113 cm³/mol. The Morgan fingerprint density at radius 2 is 2.00 bits per heavy atom. The summed E-state index contributed by atoms with van der Waals surface area (Å²) < 4.78 is 32.9. The number of carbonyl (C=O) groups is 1. The van der Waals surface area contributed by atoms with Crippen LogP contribution < -0.4 is 15.4 Å². The van der Waals surface area contributed by atoms with Crippen molar-refractivity contribution in [2.45, 2.75) is 19.7 Å². The molecule has 1 aliphatic heterocycles. The van der Waals surface area contributed by atoms with Gasteiger partial charge < -0.3 is 19.9 Å².